The van der Waals surface area contributed by atoms with Crippen LogP contribution in [0.3, 0.4) is 0 Å². The van der Waals surface area contributed by atoms with Crippen molar-refractivity contribution in [3.63, 3.8) is 0 Å². The molecule has 0 saturated carbocycles. The molecule has 132 valence electrons. The summed E-state index contributed by atoms with van der Waals surface area (Å²) in [5.41, 5.74) is 2.38. The van der Waals surface area contributed by atoms with Crippen LogP contribution in [0.15, 0.2) is 54.6 Å². The van der Waals surface area contributed by atoms with Crippen molar-refractivity contribution in [3.8, 4) is 0 Å². The van der Waals surface area contributed by atoms with Crippen molar-refractivity contribution in [2.75, 3.05) is 17.5 Å². The van der Waals surface area contributed by atoms with E-state index in [0.717, 1.165) is 23.8 Å². The van der Waals surface area contributed by atoms with Gasteiger partial charge in [-0.25, -0.2) is 8.42 Å². The Kier molecular flexibility index (Phi) is 6.61. The number of benzene rings is 2. The van der Waals surface area contributed by atoms with Gasteiger partial charge in [-0.3, -0.25) is 9.52 Å². The van der Waals surface area contributed by atoms with Crippen LogP contribution >= 0.6 is 11.6 Å². The number of sulfonamides is 1. The summed E-state index contributed by atoms with van der Waals surface area (Å²) in [4.78, 5) is 11.8. The Labute approximate surface area is 152 Å². The van der Waals surface area contributed by atoms with Gasteiger partial charge in [-0.15, -0.1) is 0 Å². The standard InChI is InChI=1S/C18H19ClN2O3S/c1-25(23,24)21-17-9-4-14(5-10-17)6-11-18(22)20-13-12-15-2-7-16(19)8-3-15/h2-11,21H,12-13H2,1H3,(H,20,22)/b11-6+. The fourth-order valence-corrected chi connectivity index (χ4v) is 2.78. The topological polar surface area (TPSA) is 75.3 Å². The molecule has 2 aromatic carbocycles. The number of anilines is 1. The molecule has 5 nitrogen and oxygen atoms in total. The Morgan fingerprint density at radius 3 is 2.32 bits per heavy atom. The van der Waals surface area contributed by atoms with Gasteiger partial charge in [0.25, 0.3) is 0 Å². The first-order chi connectivity index (χ1) is 11.8. The first-order valence-corrected chi connectivity index (χ1v) is 9.87. The Balaban J connectivity index is 1.80. The molecule has 7 heteroatoms. The minimum atomic E-state index is -3.29. The summed E-state index contributed by atoms with van der Waals surface area (Å²) in [5, 5.41) is 3.50. The second kappa shape index (κ2) is 8.69. The third-order valence-corrected chi connectivity index (χ3v) is 4.13. The van der Waals surface area contributed by atoms with E-state index in [4.69, 9.17) is 11.6 Å². The molecule has 0 bridgehead atoms. The minimum Gasteiger partial charge on any atom is -0.352 e. The van der Waals surface area contributed by atoms with Gasteiger partial charge < -0.3 is 5.32 Å². The van der Waals surface area contributed by atoms with E-state index in [-0.39, 0.29) is 5.91 Å². The van der Waals surface area contributed by atoms with Gasteiger partial charge in [-0.1, -0.05) is 35.9 Å². The van der Waals surface area contributed by atoms with Crippen LogP contribution in [-0.4, -0.2) is 27.1 Å². The number of hydrogen-bond acceptors (Lipinski definition) is 3. The third kappa shape index (κ3) is 7.41. The molecule has 0 aromatic heterocycles. The molecule has 0 fully saturated rings. The van der Waals surface area contributed by atoms with Gasteiger partial charge in [0.15, 0.2) is 0 Å². The van der Waals surface area contributed by atoms with Crippen LogP contribution in [0.25, 0.3) is 6.08 Å². The van der Waals surface area contributed by atoms with Gasteiger partial charge in [0.05, 0.1) is 6.26 Å². The average Bonchev–Trinajstić information content (AvgIpc) is 2.55. The van der Waals surface area contributed by atoms with Crippen molar-refractivity contribution in [1.29, 1.82) is 0 Å². The molecular formula is C18H19ClN2O3S. The SMILES string of the molecule is CS(=O)(=O)Nc1ccc(/C=C/C(=O)NCCc2ccc(Cl)cc2)cc1. The highest BCUT2D eigenvalue weighted by molar-refractivity contribution is 7.92. The van der Waals surface area contributed by atoms with Crippen molar-refractivity contribution < 1.29 is 13.2 Å². The number of halogens is 1. The van der Waals surface area contributed by atoms with Crippen molar-refractivity contribution in [2.45, 2.75) is 6.42 Å². The van der Waals surface area contributed by atoms with Crippen LogP contribution in [-0.2, 0) is 21.2 Å². The summed E-state index contributed by atoms with van der Waals surface area (Å²) in [6.07, 6.45) is 4.93. The molecule has 0 unspecified atom stereocenters. The van der Waals surface area contributed by atoms with Crippen molar-refractivity contribution in [1.82, 2.24) is 5.32 Å². The van der Waals surface area contributed by atoms with E-state index in [9.17, 15) is 13.2 Å². The maximum Gasteiger partial charge on any atom is 0.244 e. The molecule has 2 aromatic rings. The van der Waals surface area contributed by atoms with Crippen molar-refractivity contribution in [2.24, 2.45) is 0 Å². The van der Waals surface area contributed by atoms with E-state index in [1.807, 2.05) is 24.3 Å². The molecule has 0 spiro atoms. The van der Waals surface area contributed by atoms with E-state index < -0.39 is 10.0 Å². The monoisotopic (exact) mass is 378 g/mol. The van der Waals surface area contributed by atoms with E-state index in [2.05, 4.69) is 10.0 Å². The maximum absolute atomic E-state index is 11.8. The predicted molar refractivity (Wildman–Crippen MR) is 102 cm³/mol. The van der Waals surface area contributed by atoms with E-state index in [0.29, 0.717) is 17.3 Å². The molecule has 0 heterocycles. The molecule has 0 radical (unpaired) electrons. The first kappa shape index (κ1) is 19.0. The quantitative estimate of drug-likeness (QED) is 0.727. The predicted octanol–water partition coefficient (Wildman–Crippen LogP) is 3.08. The van der Waals surface area contributed by atoms with Crippen molar-refractivity contribution >= 4 is 39.3 Å². The molecule has 0 atom stereocenters. The number of nitrogens with one attached hydrogen (secondary N) is 2. The van der Waals surface area contributed by atoms with Crippen LogP contribution in [0.1, 0.15) is 11.1 Å². The summed E-state index contributed by atoms with van der Waals surface area (Å²) >= 11 is 5.82. The van der Waals surface area contributed by atoms with Gasteiger partial charge >= 0.3 is 0 Å². The molecule has 0 aliphatic heterocycles. The Morgan fingerprint density at radius 1 is 1.08 bits per heavy atom. The summed E-state index contributed by atoms with van der Waals surface area (Å²) in [5.74, 6) is -0.188. The molecule has 0 saturated heterocycles. The second-order valence-corrected chi connectivity index (χ2v) is 7.68. The van der Waals surface area contributed by atoms with Gasteiger partial charge in [-0.05, 0) is 47.9 Å². The fraction of sp³-hybridized carbons (Fsp3) is 0.167. The smallest absolute Gasteiger partial charge is 0.244 e. The zero-order valence-corrected chi connectivity index (χ0v) is 15.3. The molecule has 2 rings (SSSR count). The first-order valence-electron chi connectivity index (χ1n) is 7.60. The van der Waals surface area contributed by atoms with Crippen LogP contribution in [0.2, 0.25) is 5.02 Å². The Morgan fingerprint density at radius 2 is 1.72 bits per heavy atom. The fourth-order valence-electron chi connectivity index (χ4n) is 2.09. The maximum atomic E-state index is 11.8. The lowest BCUT2D eigenvalue weighted by Crippen LogP contribution is -2.23. The van der Waals surface area contributed by atoms with E-state index in [1.54, 1.807) is 30.3 Å². The number of amides is 1. The zero-order valence-electron chi connectivity index (χ0n) is 13.7. The lowest BCUT2D eigenvalue weighted by molar-refractivity contribution is -0.116. The normalized spacial score (nSPS) is 11.4. The Bertz CT molecular complexity index is 845. The number of carbonyl (C=O) groups is 1. The average molecular weight is 379 g/mol. The van der Waals surface area contributed by atoms with E-state index >= 15 is 0 Å². The minimum absolute atomic E-state index is 0.188. The summed E-state index contributed by atoms with van der Waals surface area (Å²) in [6, 6.07) is 14.2. The van der Waals surface area contributed by atoms with Gasteiger partial charge in [0.1, 0.15) is 0 Å². The summed E-state index contributed by atoms with van der Waals surface area (Å²) < 4.78 is 24.7. The van der Waals surface area contributed by atoms with Crippen LogP contribution in [0.4, 0.5) is 5.69 Å². The highest BCUT2D eigenvalue weighted by atomic mass is 35.5. The van der Waals surface area contributed by atoms with Gasteiger partial charge in [0, 0.05) is 23.3 Å². The molecule has 0 aliphatic carbocycles. The molecule has 1 amide bonds. The number of carbonyl (C=O) groups excluding carboxylic acids is 1. The Hall–Kier alpha value is -2.31. The van der Waals surface area contributed by atoms with Gasteiger partial charge in [0.2, 0.25) is 15.9 Å². The highest BCUT2D eigenvalue weighted by Gasteiger charge is 2.01. The van der Waals surface area contributed by atoms with Crippen LogP contribution in [0.5, 0.6) is 0 Å². The number of rotatable bonds is 7. The lowest BCUT2D eigenvalue weighted by atomic mass is 10.1. The van der Waals surface area contributed by atoms with Crippen LogP contribution in [0, 0.1) is 0 Å². The molecule has 25 heavy (non-hydrogen) atoms. The summed E-state index contributed by atoms with van der Waals surface area (Å²) in [6.45, 7) is 0.530. The lowest BCUT2D eigenvalue weighted by Gasteiger charge is -2.04. The van der Waals surface area contributed by atoms with Crippen molar-refractivity contribution in [3.05, 3.63) is 70.8 Å². The highest BCUT2D eigenvalue weighted by Crippen LogP contribution is 2.12. The second-order valence-electron chi connectivity index (χ2n) is 5.50. The van der Waals surface area contributed by atoms with Crippen LogP contribution < -0.4 is 10.0 Å². The van der Waals surface area contributed by atoms with E-state index in [1.165, 1.54) is 6.08 Å². The molecule has 2 N–H and O–H groups in total. The largest absolute Gasteiger partial charge is 0.352 e. The third-order valence-electron chi connectivity index (χ3n) is 3.27. The van der Waals surface area contributed by atoms with Gasteiger partial charge in [-0.2, -0.15) is 0 Å². The zero-order chi connectivity index (χ0) is 18.3. The molecular weight excluding hydrogens is 360 g/mol. The summed E-state index contributed by atoms with van der Waals surface area (Å²) in [7, 11) is -3.29. The molecule has 0 aliphatic rings. The number of hydrogen-bond donors (Lipinski definition) is 2.